The Hall–Kier alpha value is -3.03. The summed E-state index contributed by atoms with van der Waals surface area (Å²) in [6, 6.07) is 5.77. The second kappa shape index (κ2) is 5.55. The van der Waals surface area contributed by atoms with Crippen molar-refractivity contribution in [2.75, 3.05) is 19.0 Å². The summed E-state index contributed by atoms with van der Waals surface area (Å²) in [6.45, 7) is 1.66. The van der Waals surface area contributed by atoms with Crippen LogP contribution in [0.15, 0.2) is 30.6 Å². The number of rotatable bonds is 4. The largest absolute Gasteiger partial charge is 0.356 e. The molecule has 4 heterocycles. The lowest BCUT2D eigenvalue weighted by atomic mass is 10.2. The number of halogens is 1. The van der Waals surface area contributed by atoms with Gasteiger partial charge in [0.2, 0.25) is 5.95 Å². The lowest BCUT2D eigenvalue weighted by Gasteiger charge is -2.04. The fraction of sp³-hybridized carbons (Fsp3) is 0.250. The first-order valence-corrected chi connectivity index (χ1v) is 7.63. The Labute approximate surface area is 138 Å². The zero-order chi connectivity index (χ0) is 16.7. The highest BCUT2D eigenvalue weighted by atomic mass is 19.1. The maximum Gasteiger partial charge on any atom is 0.240 e. The van der Waals surface area contributed by atoms with Crippen molar-refractivity contribution in [3.63, 3.8) is 0 Å². The fourth-order valence-electron chi connectivity index (χ4n) is 2.85. The van der Waals surface area contributed by atoms with Crippen LogP contribution in [-0.4, -0.2) is 42.9 Å². The molecular formula is C16H18FN7. The number of nitrogens with zero attached hydrogens (tertiary/aromatic N) is 6. The van der Waals surface area contributed by atoms with E-state index in [9.17, 15) is 4.39 Å². The average molecular weight is 327 g/mol. The van der Waals surface area contributed by atoms with E-state index in [1.807, 2.05) is 31.3 Å². The van der Waals surface area contributed by atoms with Gasteiger partial charge in [-0.15, -0.1) is 5.10 Å². The minimum atomic E-state index is -0.450. The zero-order valence-corrected chi connectivity index (χ0v) is 13.4. The molecule has 0 aliphatic heterocycles. The van der Waals surface area contributed by atoms with Gasteiger partial charge in [0.15, 0.2) is 5.65 Å². The maximum absolute atomic E-state index is 12.8. The van der Waals surface area contributed by atoms with Gasteiger partial charge < -0.3 is 9.88 Å². The molecule has 0 unspecified atom stereocenters. The summed E-state index contributed by atoms with van der Waals surface area (Å²) in [5.41, 5.74) is 4.02. The third kappa shape index (κ3) is 2.18. The van der Waals surface area contributed by atoms with Crippen LogP contribution >= 0.6 is 0 Å². The SMILES string of the molecule is CNc1ncc2c(-c3ccc4nc(C)n(CCF)c4n3)ccn2n1.[HH]. The molecule has 0 atom stereocenters. The van der Waals surface area contributed by atoms with Crippen LogP contribution in [0.25, 0.3) is 27.9 Å². The number of aromatic nitrogens is 6. The molecule has 0 saturated carbocycles. The van der Waals surface area contributed by atoms with Crippen LogP contribution in [0.1, 0.15) is 7.25 Å². The molecule has 124 valence electrons. The molecule has 0 fully saturated rings. The van der Waals surface area contributed by atoms with Crippen LogP contribution in [0.5, 0.6) is 0 Å². The number of anilines is 1. The molecule has 8 heteroatoms. The average Bonchev–Trinajstić information content (AvgIpc) is 3.15. The van der Waals surface area contributed by atoms with Gasteiger partial charge in [0.25, 0.3) is 0 Å². The molecule has 0 radical (unpaired) electrons. The topological polar surface area (TPSA) is 72.9 Å². The van der Waals surface area contributed by atoms with Gasteiger partial charge in [-0.05, 0) is 25.1 Å². The minimum Gasteiger partial charge on any atom is -0.356 e. The van der Waals surface area contributed by atoms with Gasteiger partial charge in [-0.3, -0.25) is 0 Å². The maximum atomic E-state index is 12.8. The van der Waals surface area contributed by atoms with Gasteiger partial charge in [0.1, 0.15) is 18.0 Å². The van der Waals surface area contributed by atoms with E-state index in [4.69, 9.17) is 4.98 Å². The van der Waals surface area contributed by atoms with E-state index in [2.05, 4.69) is 20.4 Å². The van der Waals surface area contributed by atoms with Crippen molar-refractivity contribution in [3.8, 4) is 11.3 Å². The molecule has 0 saturated heterocycles. The number of hydrogen-bond acceptors (Lipinski definition) is 5. The van der Waals surface area contributed by atoms with E-state index in [1.165, 1.54) is 0 Å². The van der Waals surface area contributed by atoms with E-state index in [-0.39, 0.29) is 7.97 Å². The highest BCUT2D eigenvalue weighted by Crippen LogP contribution is 2.26. The van der Waals surface area contributed by atoms with E-state index >= 15 is 0 Å². The van der Waals surface area contributed by atoms with Gasteiger partial charge in [-0.1, -0.05) is 0 Å². The Morgan fingerprint density at radius 2 is 2.12 bits per heavy atom. The first-order chi connectivity index (χ1) is 11.7. The second-order valence-electron chi connectivity index (χ2n) is 5.43. The molecule has 0 bridgehead atoms. The highest BCUT2D eigenvalue weighted by molar-refractivity contribution is 5.82. The highest BCUT2D eigenvalue weighted by Gasteiger charge is 2.13. The monoisotopic (exact) mass is 327 g/mol. The van der Waals surface area contributed by atoms with Crippen molar-refractivity contribution in [2.24, 2.45) is 0 Å². The molecule has 24 heavy (non-hydrogen) atoms. The summed E-state index contributed by atoms with van der Waals surface area (Å²) in [4.78, 5) is 13.4. The summed E-state index contributed by atoms with van der Waals surface area (Å²) in [6.07, 6.45) is 3.62. The standard InChI is InChI=1S/C16H16FN7.H2/c1-10-20-13-4-3-12(21-15(13)23(10)8-6-17)11-5-7-24-14(11)9-19-16(18-2)22-24;/h3-5,7,9H,6,8H2,1-2H3,(H,18,22);1H. The zero-order valence-electron chi connectivity index (χ0n) is 13.4. The van der Waals surface area contributed by atoms with Crippen LogP contribution in [0.4, 0.5) is 10.3 Å². The van der Waals surface area contributed by atoms with Crippen molar-refractivity contribution in [3.05, 3.63) is 36.4 Å². The Morgan fingerprint density at radius 1 is 1.25 bits per heavy atom. The molecule has 0 spiro atoms. The number of imidazole rings is 1. The van der Waals surface area contributed by atoms with Crippen LogP contribution in [0.3, 0.4) is 0 Å². The van der Waals surface area contributed by atoms with Crippen LogP contribution < -0.4 is 5.32 Å². The normalized spacial score (nSPS) is 11.5. The summed E-state index contributed by atoms with van der Waals surface area (Å²) < 4.78 is 16.4. The predicted octanol–water partition coefficient (Wildman–Crippen LogP) is 2.71. The molecule has 4 aromatic heterocycles. The molecule has 7 nitrogen and oxygen atoms in total. The van der Waals surface area contributed by atoms with Gasteiger partial charge in [0, 0.05) is 20.2 Å². The third-order valence-corrected chi connectivity index (χ3v) is 4.01. The van der Waals surface area contributed by atoms with Crippen molar-refractivity contribution < 1.29 is 5.82 Å². The third-order valence-electron chi connectivity index (χ3n) is 4.01. The van der Waals surface area contributed by atoms with Gasteiger partial charge in [-0.25, -0.2) is 23.9 Å². The second-order valence-corrected chi connectivity index (χ2v) is 5.43. The van der Waals surface area contributed by atoms with Gasteiger partial charge in [0.05, 0.1) is 24.0 Å². The molecule has 0 aromatic carbocycles. The van der Waals surface area contributed by atoms with Crippen LogP contribution in [0.2, 0.25) is 0 Å². The minimum absolute atomic E-state index is 0. The molecular weight excluding hydrogens is 309 g/mol. The number of pyridine rings is 1. The van der Waals surface area contributed by atoms with Crippen molar-refractivity contribution in [2.45, 2.75) is 13.5 Å². The van der Waals surface area contributed by atoms with Crippen LogP contribution in [-0.2, 0) is 6.54 Å². The number of nitrogens with one attached hydrogen (secondary N) is 1. The summed E-state index contributed by atoms with van der Waals surface area (Å²) in [5, 5.41) is 7.26. The molecule has 0 amide bonds. The molecule has 4 rings (SSSR count). The molecule has 1 N–H and O–H groups in total. The van der Waals surface area contributed by atoms with E-state index in [0.29, 0.717) is 11.6 Å². The smallest absolute Gasteiger partial charge is 0.240 e. The first-order valence-electron chi connectivity index (χ1n) is 7.63. The fourth-order valence-corrected chi connectivity index (χ4v) is 2.85. The number of alkyl halides is 1. The quantitative estimate of drug-likeness (QED) is 0.624. The number of hydrogen-bond donors (Lipinski definition) is 1. The first kappa shape index (κ1) is 14.6. The van der Waals surface area contributed by atoms with Crippen LogP contribution in [0, 0.1) is 6.92 Å². The van der Waals surface area contributed by atoms with Crippen molar-refractivity contribution >= 4 is 22.6 Å². The van der Waals surface area contributed by atoms with E-state index < -0.39 is 6.67 Å². The molecule has 0 aliphatic rings. The van der Waals surface area contributed by atoms with Crippen molar-refractivity contribution in [1.29, 1.82) is 0 Å². The Kier molecular flexibility index (Phi) is 3.37. The van der Waals surface area contributed by atoms with Gasteiger partial charge in [-0.2, -0.15) is 0 Å². The summed E-state index contributed by atoms with van der Waals surface area (Å²) >= 11 is 0. The molecule has 0 aliphatic carbocycles. The van der Waals surface area contributed by atoms with E-state index in [0.717, 1.165) is 28.1 Å². The Bertz CT molecular complexity index is 1040. The van der Waals surface area contributed by atoms with Gasteiger partial charge >= 0.3 is 0 Å². The Morgan fingerprint density at radius 3 is 2.92 bits per heavy atom. The summed E-state index contributed by atoms with van der Waals surface area (Å²) in [7, 11) is 1.77. The molecule has 4 aromatic rings. The number of aryl methyl sites for hydroxylation is 2. The van der Waals surface area contributed by atoms with Crippen molar-refractivity contribution in [1.82, 2.24) is 29.1 Å². The summed E-state index contributed by atoms with van der Waals surface area (Å²) in [5.74, 6) is 1.31. The Balaban J connectivity index is 0.00000182. The van der Waals surface area contributed by atoms with E-state index in [1.54, 1.807) is 22.3 Å². The predicted molar refractivity (Wildman–Crippen MR) is 91.9 cm³/mol. The lowest BCUT2D eigenvalue weighted by Crippen LogP contribution is -2.03. The lowest BCUT2D eigenvalue weighted by molar-refractivity contribution is 0.445. The number of fused-ring (bicyclic) bond motifs is 2.